The molecule has 1 aliphatic heterocycles. The molecule has 0 aromatic heterocycles. The molecule has 0 spiro atoms. The SMILES string of the molecule is CCNC(=NCc1cccc(OC)c1OC)N1CCC(COCCOC)C1.I. The van der Waals surface area contributed by atoms with Gasteiger partial charge in [-0.3, -0.25) is 0 Å². The normalized spacial score (nSPS) is 16.6. The molecular weight excluding hydrogens is 473 g/mol. The van der Waals surface area contributed by atoms with E-state index in [9.17, 15) is 0 Å². The minimum Gasteiger partial charge on any atom is -0.493 e. The Morgan fingerprint density at radius 3 is 2.71 bits per heavy atom. The minimum absolute atomic E-state index is 0. The number of nitrogens with zero attached hydrogens (tertiary/aromatic N) is 2. The van der Waals surface area contributed by atoms with Crippen LogP contribution in [0.3, 0.4) is 0 Å². The third kappa shape index (κ3) is 7.29. The molecule has 1 aliphatic rings. The van der Waals surface area contributed by atoms with Crippen LogP contribution in [0.2, 0.25) is 0 Å². The van der Waals surface area contributed by atoms with Gasteiger partial charge in [0.05, 0.1) is 40.6 Å². The fraction of sp³-hybridized carbons (Fsp3) is 0.650. The maximum absolute atomic E-state index is 5.69. The summed E-state index contributed by atoms with van der Waals surface area (Å²) < 4.78 is 21.6. The summed E-state index contributed by atoms with van der Waals surface area (Å²) in [5, 5.41) is 3.40. The van der Waals surface area contributed by atoms with Crippen molar-refractivity contribution in [1.29, 1.82) is 0 Å². The molecule has 1 heterocycles. The first-order valence-corrected chi connectivity index (χ1v) is 9.53. The molecule has 0 radical (unpaired) electrons. The molecule has 0 aliphatic carbocycles. The fourth-order valence-electron chi connectivity index (χ4n) is 3.22. The first-order valence-electron chi connectivity index (χ1n) is 9.53. The number of halogens is 1. The molecule has 1 fully saturated rings. The van der Waals surface area contributed by atoms with Gasteiger partial charge in [-0.05, 0) is 19.4 Å². The molecule has 8 heteroatoms. The zero-order valence-electron chi connectivity index (χ0n) is 17.4. The maximum Gasteiger partial charge on any atom is 0.194 e. The zero-order chi connectivity index (χ0) is 19.5. The first kappa shape index (κ1) is 24.8. The van der Waals surface area contributed by atoms with E-state index in [-0.39, 0.29) is 24.0 Å². The number of nitrogens with one attached hydrogen (secondary N) is 1. The number of guanidine groups is 1. The maximum atomic E-state index is 5.69. The smallest absolute Gasteiger partial charge is 0.194 e. The lowest BCUT2D eigenvalue weighted by Gasteiger charge is -2.22. The Bertz CT molecular complexity index is 601. The van der Waals surface area contributed by atoms with Crippen molar-refractivity contribution in [3.8, 4) is 11.5 Å². The van der Waals surface area contributed by atoms with Crippen LogP contribution in [0.25, 0.3) is 0 Å². The molecule has 160 valence electrons. The lowest BCUT2D eigenvalue weighted by Crippen LogP contribution is -2.40. The average Bonchev–Trinajstić information content (AvgIpc) is 3.16. The van der Waals surface area contributed by atoms with Gasteiger partial charge in [0, 0.05) is 38.2 Å². The Hall–Kier alpha value is -1.26. The molecule has 28 heavy (non-hydrogen) atoms. The highest BCUT2D eigenvalue weighted by Gasteiger charge is 2.25. The standard InChI is InChI=1S/C20H33N3O4.HI/c1-5-21-20(23-10-9-16(14-23)15-27-12-11-24-2)22-13-17-7-6-8-18(25-3)19(17)26-4;/h6-8,16H,5,9-15H2,1-4H3,(H,21,22);1H. The largest absolute Gasteiger partial charge is 0.493 e. The topological polar surface area (TPSA) is 64.6 Å². The molecule has 2 rings (SSSR count). The molecule has 1 aromatic carbocycles. The van der Waals surface area contributed by atoms with Gasteiger partial charge >= 0.3 is 0 Å². The summed E-state index contributed by atoms with van der Waals surface area (Å²) in [5.74, 6) is 2.92. The molecule has 0 saturated carbocycles. The summed E-state index contributed by atoms with van der Waals surface area (Å²) in [5.41, 5.74) is 1.01. The number of aliphatic imine (C=N–C) groups is 1. The second kappa shape index (κ2) is 13.8. The lowest BCUT2D eigenvalue weighted by molar-refractivity contribution is 0.0536. The van der Waals surface area contributed by atoms with Crippen LogP contribution in [0.4, 0.5) is 0 Å². The van der Waals surface area contributed by atoms with Gasteiger partial charge in [-0.1, -0.05) is 12.1 Å². The highest BCUT2D eigenvalue weighted by Crippen LogP contribution is 2.31. The summed E-state index contributed by atoms with van der Waals surface area (Å²) in [7, 11) is 5.00. The van der Waals surface area contributed by atoms with Crippen LogP contribution in [-0.2, 0) is 16.0 Å². The van der Waals surface area contributed by atoms with E-state index in [2.05, 4.69) is 17.1 Å². The van der Waals surface area contributed by atoms with Crippen LogP contribution in [0.1, 0.15) is 18.9 Å². The summed E-state index contributed by atoms with van der Waals surface area (Å²) in [6.07, 6.45) is 1.11. The number of hydrogen-bond acceptors (Lipinski definition) is 5. The number of hydrogen-bond donors (Lipinski definition) is 1. The summed E-state index contributed by atoms with van der Waals surface area (Å²) >= 11 is 0. The lowest BCUT2D eigenvalue weighted by atomic mass is 10.1. The fourth-order valence-corrected chi connectivity index (χ4v) is 3.22. The van der Waals surface area contributed by atoms with Gasteiger partial charge in [0.1, 0.15) is 0 Å². The van der Waals surface area contributed by atoms with Gasteiger partial charge in [0.25, 0.3) is 0 Å². The van der Waals surface area contributed by atoms with Gasteiger partial charge in [0.2, 0.25) is 0 Å². The van der Waals surface area contributed by atoms with E-state index in [0.29, 0.717) is 25.7 Å². The van der Waals surface area contributed by atoms with Gasteiger partial charge in [-0.15, -0.1) is 24.0 Å². The second-order valence-electron chi connectivity index (χ2n) is 6.49. The average molecular weight is 507 g/mol. The number of rotatable bonds is 10. The van der Waals surface area contributed by atoms with Crippen LogP contribution in [-0.4, -0.2) is 71.6 Å². The van der Waals surface area contributed by atoms with Gasteiger partial charge in [-0.2, -0.15) is 0 Å². The molecule has 7 nitrogen and oxygen atoms in total. The second-order valence-corrected chi connectivity index (χ2v) is 6.49. The number of benzene rings is 1. The van der Waals surface area contributed by atoms with Crippen LogP contribution >= 0.6 is 24.0 Å². The summed E-state index contributed by atoms with van der Waals surface area (Å²) in [4.78, 5) is 7.14. The van der Waals surface area contributed by atoms with Crippen molar-refractivity contribution in [2.45, 2.75) is 19.9 Å². The predicted molar refractivity (Wildman–Crippen MR) is 122 cm³/mol. The van der Waals surface area contributed by atoms with Crippen molar-refractivity contribution in [1.82, 2.24) is 10.2 Å². The number of ether oxygens (including phenoxy) is 4. The Kier molecular flexibility index (Phi) is 12.2. The third-order valence-electron chi connectivity index (χ3n) is 4.59. The van der Waals surface area contributed by atoms with E-state index < -0.39 is 0 Å². The van der Waals surface area contributed by atoms with Crippen molar-refractivity contribution in [3.63, 3.8) is 0 Å². The Labute approximate surface area is 185 Å². The molecule has 0 amide bonds. The monoisotopic (exact) mass is 507 g/mol. The van der Waals surface area contributed by atoms with Crippen molar-refractivity contribution in [2.24, 2.45) is 10.9 Å². The molecule has 1 N–H and O–H groups in total. The Balaban J connectivity index is 0.00000392. The molecule has 1 unspecified atom stereocenters. The number of likely N-dealkylation sites (tertiary alicyclic amines) is 1. The van der Waals surface area contributed by atoms with Gasteiger partial charge in [-0.25, -0.2) is 4.99 Å². The van der Waals surface area contributed by atoms with Gasteiger partial charge in [0.15, 0.2) is 17.5 Å². The molecular formula is C20H34IN3O4. The molecule has 0 bridgehead atoms. The van der Waals surface area contributed by atoms with E-state index in [1.54, 1.807) is 21.3 Å². The van der Waals surface area contributed by atoms with E-state index in [1.807, 2.05) is 18.2 Å². The van der Waals surface area contributed by atoms with E-state index in [1.165, 1.54) is 0 Å². The van der Waals surface area contributed by atoms with E-state index in [0.717, 1.165) is 55.7 Å². The van der Waals surface area contributed by atoms with Crippen LogP contribution < -0.4 is 14.8 Å². The Morgan fingerprint density at radius 2 is 2.04 bits per heavy atom. The molecule has 1 atom stereocenters. The highest BCUT2D eigenvalue weighted by atomic mass is 127. The van der Waals surface area contributed by atoms with Crippen LogP contribution in [0.5, 0.6) is 11.5 Å². The summed E-state index contributed by atoms with van der Waals surface area (Å²) in [6.45, 7) is 7.45. The third-order valence-corrected chi connectivity index (χ3v) is 4.59. The van der Waals surface area contributed by atoms with Crippen molar-refractivity contribution in [3.05, 3.63) is 23.8 Å². The van der Waals surface area contributed by atoms with Crippen molar-refractivity contribution < 1.29 is 18.9 Å². The van der Waals surface area contributed by atoms with E-state index in [4.69, 9.17) is 23.9 Å². The van der Waals surface area contributed by atoms with E-state index >= 15 is 0 Å². The Morgan fingerprint density at radius 1 is 1.21 bits per heavy atom. The molecule has 1 aromatic rings. The number of para-hydroxylation sites is 1. The minimum atomic E-state index is 0. The quantitative estimate of drug-likeness (QED) is 0.228. The van der Waals surface area contributed by atoms with Crippen LogP contribution in [0, 0.1) is 5.92 Å². The zero-order valence-corrected chi connectivity index (χ0v) is 19.7. The predicted octanol–water partition coefficient (Wildman–Crippen LogP) is 2.77. The molecule has 1 saturated heterocycles. The first-order chi connectivity index (χ1) is 13.2. The van der Waals surface area contributed by atoms with Crippen molar-refractivity contribution >= 4 is 29.9 Å². The van der Waals surface area contributed by atoms with Crippen LogP contribution in [0.15, 0.2) is 23.2 Å². The summed E-state index contributed by atoms with van der Waals surface area (Å²) in [6, 6.07) is 5.87. The van der Waals surface area contributed by atoms with Crippen molar-refractivity contribution in [2.75, 3.05) is 60.8 Å². The highest BCUT2D eigenvalue weighted by molar-refractivity contribution is 14.0. The van der Waals surface area contributed by atoms with Gasteiger partial charge < -0.3 is 29.2 Å². The number of methoxy groups -OCH3 is 3.